The smallest absolute Gasteiger partial charge is 0.257 e. The number of nitrogens with one attached hydrogen (secondary N) is 2. The summed E-state index contributed by atoms with van der Waals surface area (Å²) in [6.45, 7) is 6.31. The monoisotopic (exact) mass is 399 g/mol. The minimum atomic E-state index is -0.180. The lowest BCUT2D eigenvalue weighted by molar-refractivity contribution is 0.102. The van der Waals surface area contributed by atoms with Crippen molar-refractivity contribution in [1.82, 2.24) is 19.7 Å². The van der Waals surface area contributed by atoms with Crippen LogP contribution in [0, 0.1) is 20.8 Å². The summed E-state index contributed by atoms with van der Waals surface area (Å²) in [4.78, 5) is 17.3. The zero-order chi connectivity index (χ0) is 21.3. The third-order valence-corrected chi connectivity index (χ3v) is 5.48. The molecule has 152 valence electrons. The van der Waals surface area contributed by atoms with Crippen LogP contribution in [0.25, 0.3) is 11.3 Å². The lowest BCUT2D eigenvalue weighted by Crippen LogP contribution is -2.15. The van der Waals surface area contributed by atoms with Gasteiger partial charge in [-0.1, -0.05) is 18.2 Å². The molecule has 0 aliphatic carbocycles. The van der Waals surface area contributed by atoms with Crippen LogP contribution >= 0.6 is 0 Å². The van der Waals surface area contributed by atoms with Gasteiger partial charge >= 0.3 is 0 Å². The molecule has 6 nitrogen and oxygen atoms in total. The molecule has 0 atom stereocenters. The van der Waals surface area contributed by atoms with Crippen molar-refractivity contribution in [3.63, 3.8) is 0 Å². The molecule has 4 aromatic rings. The maximum absolute atomic E-state index is 12.8. The molecule has 0 saturated heterocycles. The second-order valence-corrected chi connectivity index (χ2v) is 7.72. The van der Waals surface area contributed by atoms with Gasteiger partial charge in [0.1, 0.15) is 0 Å². The van der Waals surface area contributed by atoms with Crippen LogP contribution in [0.3, 0.4) is 0 Å². The third-order valence-electron chi connectivity index (χ3n) is 5.48. The average Bonchev–Trinajstić information content (AvgIpc) is 3.35. The molecule has 0 saturated carbocycles. The zero-order valence-corrected chi connectivity index (χ0v) is 17.7. The summed E-state index contributed by atoms with van der Waals surface area (Å²) < 4.78 is 1.92. The van der Waals surface area contributed by atoms with E-state index in [4.69, 9.17) is 0 Å². The Bertz CT molecular complexity index is 1200. The number of imidazole rings is 1. The van der Waals surface area contributed by atoms with Gasteiger partial charge in [0, 0.05) is 30.8 Å². The van der Waals surface area contributed by atoms with Crippen LogP contribution in [0.5, 0.6) is 0 Å². The van der Waals surface area contributed by atoms with E-state index in [1.807, 2.05) is 48.3 Å². The molecule has 0 bridgehead atoms. The highest BCUT2D eigenvalue weighted by atomic mass is 16.1. The molecule has 30 heavy (non-hydrogen) atoms. The number of amides is 1. The van der Waals surface area contributed by atoms with Gasteiger partial charge in [0.05, 0.1) is 18.1 Å². The third kappa shape index (κ3) is 3.89. The Labute approximate surface area is 176 Å². The van der Waals surface area contributed by atoms with E-state index in [2.05, 4.69) is 53.4 Å². The summed E-state index contributed by atoms with van der Waals surface area (Å²) in [5, 5.41) is 9.72. The van der Waals surface area contributed by atoms with E-state index in [0.29, 0.717) is 11.5 Å². The highest BCUT2D eigenvalue weighted by Crippen LogP contribution is 2.28. The number of H-pyrrole nitrogens is 1. The maximum Gasteiger partial charge on any atom is 0.257 e. The SMILES string of the molecule is Cc1cc(C)c(-c2cnc(NC(=O)c3cccc(Cc4cn[nH]c4)c3)n2C)cc1C. The normalized spacial score (nSPS) is 10.9. The maximum atomic E-state index is 12.8. The fourth-order valence-electron chi connectivity index (χ4n) is 3.62. The van der Waals surface area contributed by atoms with Crippen molar-refractivity contribution in [1.29, 1.82) is 0 Å². The number of aryl methyl sites for hydroxylation is 3. The fourth-order valence-corrected chi connectivity index (χ4v) is 3.62. The Kier molecular flexibility index (Phi) is 5.23. The Hall–Kier alpha value is -3.67. The van der Waals surface area contributed by atoms with Crippen molar-refractivity contribution >= 4 is 11.9 Å². The van der Waals surface area contributed by atoms with E-state index in [1.54, 1.807) is 6.20 Å². The van der Waals surface area contributed by atoms with Gasteiger partial charge in [-0.25, -0.2) is 4.98 Å². The molecule has 0 radical (unpaired) electrons. The number of nitrogens with zero attached hydrogens (tertiary/aromatic N) is 3. The Balaban J connectivity index is 1.56. The van der Waals surface area contributed by atoms with Crippen LogP contribution in [-0.4, -0.2) is 25.7 Å². The summed E-state index contributed by atoms with van der Waals surface area (Å²) in [6.07, 6.45) is 6.17. The molecule has 0 aliphatic heterocycles. The van der Waals surface area contributed by atoms with Crippen LogP contribution in [0.1, 0.15) is 38.2 Å². The minimum absolute atomic E-state index is 0.180. The van der Waals surface area contributed by atoms with Crippen molar-refractivity contribution in [2.24, 2.45) is 7.05 Å². The molecular formula is C24H25N5O. The van der Waals surface area contributed by atoms with E-state index < -0.39 is 0 Å². The first-order chi connectivity index (χ1) is 14.4. The number of carbonyl (C=O) groups excluding carboxylic acids is 1. The highest BCUT2D eigenvalue weighted by Gasteiger charge is 2.15. The summed E-state index contributed by atoms with van der Waals surface area (Å²) in [5.41, 5.74) is 8.50. The van der Waals surface area contributed by atoms with Crippen molar-refractivity contribution < 1.29 is 4.79 Å². The number of carbonyl (C=O) groups is 1. The van der Waals surface area contributed by atoms with Crippen LogP contribution in [0.4, 0.5) is 5.95 Å². The molecular weight excluding hydrogens is 374 g/mol. The second-order valence-electron chi connectivity index (χ2n) is 7.72. The molecule has 2 N–H and O–H groups in total. The van der Waals surface area contributed by atoms with Crippen molar-refractivity contribution in [2.75, 3.05) is 5.32 Å². The van der Waals surface area contributed by atoms with E-state index in [9.17, 15) is 4.79 Å². The van der Waals surface area contributed by atoms with Crippen LogP contribution in [-0.2, 0) is 13.5 Å². The molecule has 6 heteroatoms. The van der Waals surface area contributed by atoms with Gasteiger partial charge in [-0.15, -0.1) is 0 Å². The van der Waals surface area contributed by atoms with Crippen molar-refractivity contribution in [3.8, 4) is 11.3 Å². The van der Waals surface area contributed by atoms with E-state index >= 15 is 0 Å². The summed E-state index contributed by atoms with van der Waals surface area (Å²) in [6, 6.07) is 12.0. The quantitative estimate of drug-likeness (QED) is 0.516. The van der Waals surface area contributed by atoms with Crippen molar-refractivity contribution in [3.05, 3.63) is 88.4 Å². The van der Waals surface area contributed by atoms with Crippen molar-refractivity contribution in [2.45, 2.75) is 27.2 Å². The molecule has 2 heterocycles. The Morgan fingerprint density at radius 3 is 2.60 bits per heavy atom. The van der Waals surface area contributed by atoms with Gasteiger partial charge in [0.15, 0.2) is 0 Å². The molecule has 2 aromatic heterocycles. The van der Waals surface area contributed by atoms with Gasteiger partial charge in [-0.05, 0) is 66.8 Å². The predicted octanol–water partition coefficient (Wildman–Crippen LogP) is 4.58. The fraction of sp³-hybridized carbons (Fsp3) is 0.208. The van der Waals surface area contributed by atoms with E-state index in [1.165, 1.54) is 16.7 Å². The largest absolute Gasteiger partial charge is 0.313 e. The molecule has 0 fully saturated rings. The van der Waals surface area contributed by atoms with Gasteiger partial charge < -0.3 is 4.57 Å². The standard InChI is InChI=1S/C24H25N5O/c1-15-8-17(3)21(9-16(15)2)22-14-25-24(29(22)4)28-23(30)20-7-5-6-18(11-20)10-19-12-26-27-13-19/h5-9,11-14H,10H2,1-4H3,(H,26,27)(H,25,28,30). The van der Waals surface area contributed by atoms with E-state index in [0.717, 1.165) is 28.8 Å². The highest BCUT2D eigenvalue weighted by molar-refractivity contribution is 6.03. The predicted molar refractivity (Wildman–Crippen MR) is 119 cm³/mol. The topological polar surface area (TPSA) is 75.6 Å². The lowest BCUT2D eigenvalue weighted by atomic mass is 9.99. The first-order valence-corrected chi connectivity index (χ1v) is 9.90. The minimum Gasteiger partial charge on any atom is -0.313 e. The lowest BCUT2D eigenvalue weighted by Gasteiger charge is -2.12. The van der Waals surface area contributed by atoms with Gasteiger partial charge in [0.2, 0.25) is 5.95 Å². The number of aromatic amines is 1. The first-order valence-electron chi connectivity index (χ1n) is 9.90. The van der Waals surface area contributed by atoms with Gasteiger partial charge in [-0.2, -0.15) is 5.10 Å². The second kappa shape index (κ2) is 7.99. The molecule has 0 unspecified atom stereocenters. The number of benzene rings is 2. The molecule has 1 amide bonds. The Morgan fingerprint density at radius 1 is 1.03 bits per heavy atom. The van der Waals surface area contributed by atoms with E-state index in [-0.39, 0.29) is 5.91 Å². The van der Waals surface area contributed by atoms with Crippen LogP contribution < -0.4 is 5.32 Å². The Morgan fingerprint density at radius 2 is 1.83 bits per heavy atom. The number of rotatable bonds is 5. The number of hydrogen-bond donors (Lipinski definition) is 2. The van der Waals surface area contributed by atoms with Gasteiger partial charge in [0.25, 0.3) is 5.91 Å². The number of hydrogen-bond acceptors (Lipinski definition) is 3. The summed E-state index contributed by atoms with van der Waals surface area (Å²) >= 11 is 0. The summed E-state index contributed by atoms with van der Waals surface area (Å²) in [7, 11) is 1.92. The number of anilines is 1. The molecule has 4 rings (SSSR count). The number of aromatic nitrogens is 4. The average molecular weight is 399 g/mol. The zero-order valence-electron chi connectivity index (χ0n) is 17.7. The molecule has 0 spiro atoms. The molecule has 2 aromatic carbocycles. The molecule has 0 aliphatic rings. The summed E-state index contributed by atoms with van der Waals surface area (Å²) in [5.74, 6) is 0.342. The van der Waals surface area contributed by atoms with Crippen LogP contribution in [0.15, 0.2) is 55.0 Å². The first kappa shape index (κ1) is 19.6. The van der Waals surface area contributed by atoms with Gasteiger partial charge in [-0.3, -0.25) is 15.2 Å². The van der Waals surface area contributed by atoms with Crippen LogP contribution in [0.2, 0.25) is 0 Å².